The molecule has 0 saturated carbocycles. The Morgan fingerprint density at radius 2 is 1.41 bits per heavy atom. The molecule has 5 nitrogen and oxygen atoms in total. The summed E-state index contributed by atoms with van der Waals surface area (Å²) in [5.74, 6) is 1.12. The summed E-state index contributed by atoms with van der Waals surface area (Å²) in [6.45, 7) is 2.87. The molecule has 5 aromatic rings. The summed E-state index contributed by atoms with van der Waals surface area (Å²) in [7, 11) is 0. The van der Waals surface area contributed by atoms with Gasteiger partial charge >= 0.3 is 0 Å². The molecule has 0 aliphatic heterocycles. The molecule has 0 heterocycles. The van der Waals surface area contributed by atoms with Crippen molar-refractivity contribution in [3.63, 3.8) is 0 Å². The first-order chi connectivity index (χ1) is 18.2. The quantitative estimate of drug-likeness (QED) is 0.186. The van der Waals surface area contributed by atoms with Crippen molar-refractivity contribution < 1.29 is 14.3 Å². The van der Waals surface area contributed by atoms with Gasteiger partial charge in [-0.1, -0.05) is 84.9 Å². The number of rotatable bonds is 9. The molecule has 0 spiro atoms. The number of amides is 1. The van der Waals surface area contributed by atoms with Crippen LogP contribution in [0.1, 0.15) is 23.6 Å². The number of ether oxygens (including phenoxy) is 2. The molecule has 184 valence electrons. The number of nitrogens with one attached hydrogen (secondary N) is 1. The fourth-order valence-electron chi connectivity index (χ4n) is 4.40. The van der Waals surface area contributed by atoms with Crippen molar-refractivity contribution in [3.05, 3.63) is 120 Å². The van der Waals surface area contributed by atoms with Gasteiger partial charge in [0.2, 0.25) is 5.91 Å². The van der Waals surface area contributed by atoms with Gasteiger partial charge in [0, 0.05) is 0 Å². The molecule has 0 bridgehead atoms. The van der Waals surface area contributed by atoms with Crippen LogP contribution in [0.4, 0.5) is 0 Å². The smallest absolute Gasteiger partial charge is 0.244 e. The maximum absolute atomic E-state index is 12.5. The maximum Gasteiger partial charge on any atom is 0.244 e. The fraction of sp³-hybridized carbons (Fsp3) is 0.125. The zero-order chi connectivity index (χ0) is 25.5. The Bertz CT molecular complexity index is 1570. The van der Waals surface area contributed by atoms with Crippen molar-refractivity contribution in [2.24, 2.45) is 5.10 Å². The standard InChI is InChI=1S/C32H28N2O3/c1-2-36-31-19-23(17-18-30(31)37-22-27-14-8-12-25-10-4-6-16-29(25)27)21-33-34-32(35)20-26-13-7-11-24-9-3-5-15-28(24)26/h3-19,21H,2,20,22H2,1H3,(H,34,35)/b33-21+. The van der Waals surface area contributed by atoms with E-state index in [-0.39, 0.29) is 12.3 Å². The highest BCUT2D eigenvalue weighted by molar-refractivity contribution is 5.91. The number of hydrogen-bond acceptors (Lipinski definition) is 4. The molecule has 0 aliphatic rings. The lowest BCUT2D eigenvalue weighted by atomic mass is 10.0. The first kappa shape index (κ1) is 24.1. The molecule has 0 aromatic heterocycles. The number of fused-ring (bicyclic) bond motifs is 2. The van der Waals surface area contributed by atoms with Gasteiger partial charge in [0.1, 0.15) is 6.61 Å². The van der Waals surface area contributed by atoms with Crippen LogP contribution in [0.2, 0.25) is 0 Å². The van der Waals surface area contributed by atoms with Crippen LogP contribution in [-0.2, 0) is 17.8 Å². The first-order valence-electron chi connectivity index (χ1n) is 12.4. The van der Waals surface area contributed by atoms with Crippen molar-refractivity contribution in [1.29, 1.82) is 0 Å². The number of hydrogen-bond donors (Lipinski definition) is 1. The van der Waals surface area contributed by atoms with Crippen LogP contribution >= 0.6 is 0 Å². The zero-order valence-electron chi connectivity index (χ0n) is 20.7. The first-order valence-corrected chi connectivity index (χ1v) is 12.4. The Morgan fingerprint density at radius 1 is 0.757 bits per heavy atom. The molecular weight excluding hydrogens is 460 g/mol. The van der Waals surface area contributed by atoms with Crippen molar-refractivity contribution in [2.75, 3.05) is 6.61 Å². The van der Waals surface area contributed by atoms with Crippen LogP contribution in [0.25, 0.3) is 21.5 Å². The van der Waals surface area contributed by atoms with E-state index in [1.165, 1.54) is 10.8 Å². The average Bonchev–Trinajstić information content (AvgIpc) is 2.93. The van der Waals surface area contributed by atoms with E-state index in [2.05, 4.69) is 34.8 Å². The number of carbonyl (C=O) groups excluding carboxylic acids is 1. The predicted molar refractivity (Wildman–Crippen MR) is 149 cm³/mol. The number of carbonyl (C=O) groups is 1. The SMILES string of the molecule is CCOc1cc(/C=N/NC(=O)Cc2cccc3ccccc23)ccc1OCc1cccc2ccccc12. The van der Waals surface area contributed by atoms with E-state index in [4.69, 9.17) is 9.47 Å². The van der Waals surface area contributed by atoms with E-state index in [0.717, 1.165) is 27.5 Å². The van der Waals surface area contributed by atoms with Gasteiger partial charge in [-0.3, -0.25) is 4.79 Å². The van der Waals surface area contributed by atoms with Crippen molar-refractivity contribution in [1.82, 2.24) is 5.43 Å². The Balaban J connectivity index is 1.24. The van der Waals surface area contributed by atoms with Crippen LogP contribution < -0.4 is 14.9 Å². The van der Waals surface area contributed by atoms with E-state index < -0.39 is 0 Å². The lowest BCUT2D eigenvalue weighted by Crippen LogP contribution is -2.19. The van der Waals surface area contributed by atoms with Crippen LogP contribution in [0, 0.1) is 0 Å². The minimum absolute atomic E-state index is 0.173. The van der Waals surface area contributed by atoms with E-state index in [1.807, 2.05) is 85.8 Å². The summed E-state index contributed by atoms with van der Waals surface area (Å²) in [5, 5.41) is 8.70. The molecule has 1 N–H and O–H groups in total. The molecule has 5 aromatic carbocycles. The zero-order valence-corrected chi connectivity index (χ0v) is 20.7. The summed E-state index contributed by atoms with van der Waals surface area (Å²) < 4.78 is 12.0. The van der Waals surface area contributed by atoms with Gasteiger partial charge in [0.15, 0.2) is 11.5 Å². The second-order valence-corrected chi connectivity index (χ2v) is 8.67. The summed E-state index contributed by atoms with van der Waals surface area (Å²) in [6, 6.07) is 34.1. The molecule has 0 atom stereocenters. The van der Waals surface area contributed by atoms with Crippen molar-refractivity contribution in [3.8, 4) is 11.5 Å². The highest BCUT2D eigenvalue weighted by Gasteiger charge is 2.09. The maximum atomic E-state index is 12.5. The topological polar surface area (TPSA) is 59.9 Å². The van der Waals surface area contributed by atoms with Crippen molar-refractivity contribution in [2.45, 2.75) is 20.0 Å². The Morgan fingerprint density at radius 3 is 2.14 bits per heavy atom. The molecule has 0 fully saturated rings. The van der Waals surface area contributed by atoms with Crippen LogP contribution in [-0.4, -0.2) is 18.7 Å². The van der Waals surface area contributed by atoms with Gasteiger partial charge in [-0.15, -0.1) is 0 Å². The molecule has 0 saturated heterocycles. The number of nitrogens with zero attached hydrogens (tertiary/aromatic N) is 1. The van der Waals surface area contributed by atoms with Gasteiger partial charge in [-0.25, -0.2) is 5.43 Å². The Labute approximate surface area is 216 Å². The summed E-state index contributed by atoms with van der Waals surface area (Å²) >= 11 is 0. The van der Waals surface area contributed by atoms with Crippen molar-refractivity contribution >= 4 is 33.7 Å². The van der Waals surface area contributed by atoms with Gasteiger partial charge in [-0.05, 0) is 63.4 Å². The molecule has 5 rings (SSSR count). The molecule has 5 heteroatoms. The van der Waals surface area contributed by atoms with Gasteiger partial charge in [0.25, 0.3) is 0 Å². The van der Waals surface area contributed by atoms with Gasteiger partial charge < -0.3 is 9.47 Å². The summed E-state index contributed by atoms with van der Waals surface area (Å²) in [5.41, 5.74) is 5.51. The molecule has 1 amide bonds. The minimum atomic E-state index is -0.173. The minimum Gasteiger partial charge on any atom is -0.490 e. The van der Waals surface area contributed by atoms with Crippen LogP contribution in [0.5, 0.6) is 11.5 Å². The third kappa shape index (κ3) is 5.78. The number of hydrazone groups is 1. The lowest BCUT2D eigenvalue weighted by molar-refractivity contribution is -0.120. The van der Waals surface area contributed by atoms with E-state index in [1.54, 1.807) is 6.21 Å². The Hall–Kier alpha value is -4.64. The van der Waals surface area contributed by atoms with E-state index in [0.29, 0.717) is 24.7 Å². The van der Waals surface area contributed by atoms with Crippen LogP contribution in [0.3, 0.4) is 0 Å². The second-order valence-electron chi connectivity index (χ2n) is 8.67. The van der Waals surface area contributed by atoms with Crippen LogP contribution in [0.15, 0.2) is 108 Å². The number of benzene rings is 5. The highest BCUT2D eigenvalue weighted by atomic mass is 16.5. The third-order valence-corrected chi connectivity index (χ3v) is 6.16. The monoisotopic (exact) mass is 488 g/mol. The molecule has 0 radical (unpaired) electrons. The fourth-order valence-corrected chi connectivity index (χ4v) is 4.40. The van der Waals surface area contributed by atoms with E-state index in [9.17, 15) is 4.79 Å². The van der Waals surface area contributed by atoms with Gasteiger partial charge in [0.05, 0.1) is 19.2 Å². The van der Waals surface area contributed by atoms with Gasteiger partial charge in [-0.2, -0.15) is 5.10 Å². The molecule has 0 aliphatic carbocycles. The normalized spacial score (nSPS) is 11.2. The molecule has 37 heavy (non-hydrogen) atoms. The average molecular weight is 489 g/mol. The highest BCUT2D eigenvalue weighted by Crippen LogP contribution is 2.30. The summed E-state index contributed by atoms with van der Waals surface area (Å²) in [6.07, 6.45) is 1.86. The summed E-state index contributed by atoms with van der Waals surface area (Å²) in [4.78, 5) is 12.5. The van der Waals surface area contributed by atoms with E-state index >= 15 is 0 Å². The second kappa shape index (κ2) is 11.4. The lowest BCUT2D eigenvalue weighted by Gasteiger charge is -2.13. The third-order valence-electron chi connectivity index (χ3n) is 6.16. The largest absolute Gasteiger partial charge is 0.490 e. The molecule has 0 unspecified atom stereocenters. The molecular formula is C32H28N2O3. The Kier molecular flexibility index (Phi) is 7.42. The predicted octanol–water partition coefficient (Wildman–Crippen LogP) is 6.66.